The van der Waals surface area contributed by atoms with Gasteiger partial charge in [0.25, 0.3) is 0 Å². The van der Waals surface area contributed by atoms with Gasteiger partial charge < -0.3 is 28.7 Å². The largest absolute Gasteiger partial charge is 0.461 e. The Morgan fingerprint density at radius 3 is 2.82 bits per heavy atom. The Balaban J connectivity index is 1.22. The van der Waals surface area contributed by atoms with Gasteiger partial charge in [-0.2, -0.15) is 9.97 Å². The Hall–Kier alpha value is -3.40. The van der Waals surface area contributed by atoms with E-state index in [0.29, 0.717) is 25.8 Å². The van der Waals surface area contributed by atoms with Crippen LogP contribution in [-0.4, -0.2) is 77.0 Å². The standard InChI is InChI=1S/C29H32ClN7O2/c1-34-12-13-38-22(16-34)18-39-29-32-25-17-35(26-7-3-5-20-4-2-6-24(30)27(20)26)9-8-23(25)28(33-29)36-10-11-37-19-31-14-21(37)15-36/h2-7,14,19,22H,8-13,15-18H2,1H3/t22-/m0/s1. The topological polar surface area (TPSA) is 71.8 Å². The van der Waals surface area contributed by atoms with E-state index in [2.05, 4.69) is 55.6 Å². The molecule has 0 bridgehead atoms. The molecule has 39 heavy (non-hydrogen) atoms. The summed E-state index contributed by atoms with van der Waals surface area (Å²) >= 11 is 6.69. The maximum atomic E-state index is 6.69. The van der Waals surface area contributed by atoms with Gasteiger partial charge in [0.15, 0.2) is 0 Å². The van der Waals surface area contributed by atoms with Gasteiger partial charge in [0.1, 0.15) is 18.5 Å². The summed E-state index contributed by atoms with van der Waals surface area (Å²) in [6, 6.07) is 12.9. The number of likely N-dealkylation sites (N-methyl/N-ethyl adjacent to an activating group) is 1. The van der Waals surface area contributed by atoms with Crippen LogP contribution in [-0.2, 0) is 30.8 Å². The van der Waals surface area contributed by atoms with Crippen molar-refractivity contribution < 1.29 is 9.47 Å². The lowest BCUT2D eigenvalue weighted by molar-refractivity contribution is -0.0417. The normalized spacial score (nSPS) is 19.7. The number of hydrogen-bond acceptors (Lipinski definition) is 8. The second-order valence-electron chi connectivity index (χ2n) is 10.6. The third-order valence-electron chi connectivity index (χ3n) is 8.00. The quantitative estimate of drug-likeness (QED) is 0.375. The first-order chi connectivity index (χ1) is 19.1. The van der Waals surface area contributed by atoms with E-state index in [1.165, 1.54) is 11.3 Å². The lowest BCUT2D eigenvalue weighted by Crippen LogP contribution is -2.43. The number of benzene rings is 2. The molecule has 9 nitrogen and oxygen atoms in total. The molecule has 1 fully saturated rings. The summed E-state index contributed by atoms with van der Waals surface area (Å²) in [5, 5.41) is 2.99. The molecule has 7 rings (SSSR count). The molecule has 1 atom stereocenters. The number of morpholine rings is 1. The molecule has 0 spiro atoms. The summed E-state index contributed by atoms with van der Waals surface area (Å²) < 4.78 is 14.4. The minimum Gasteiger partial charge on any atom is -0.461 e. The van der Waals surface area contributed by atoms with Crippen LogP contribution >= 0.6 is 11.6 Å². The SMILES string of the molecule is CN1CCO[C@H](COc2nc3c(c(N4CCn5cncc5C4)n2)CCN(c2cccc4cccc(Cl)c24)C3)C1. The Morgan fingerprint density at radius 1 is 1.03 bits per heavy atom. The zero-order valence-electron chi connectivity index (χ0n) is 22.1. The predicted octanol–water partition coefficient (Wildman–Crippen LogP) is 3.77. The van der Waals surface area contributed by atoms with Gasteiger partial charge in [0.05, 0.1) is 42.4 Å². The highest BCUT2D eigenvalue weighted by atomic mass is 35.5. The van der Waals surface area contributed by atoms with Crippen LogP contribution in [0.25, 0.3) is 10.8 Å². The zero-order chi connectivity index (χ0) is 26.3. The molecule has 0 N–H and O–H groups in total. The average molecular weight is 546 g/mol. The number of imidazole rings is 1. The summed E-state index contributed by atoms with van der Waals surface area (Å²) in [5.41, 5.74) is 4.53. The van der Waals surface area contributed by atoms with Gasteiger partial charge >= 0.3 is 6.01 Å². The molecule has 3 aliphatic rings. The van der Waals surface area contributed by atoms with Crippen molar-refractivity contribution in [2.45, 2.75) is 32.2 Å². The summed E-state index contributed by atoms with van der Waals surface area (Å²) in [6.45, 7) is 6.96. The van der Waals surface area contributed by atoms with Gasteiger partial charge in [-0.05, 0) is 31.0 Å². The first-order valence-electron chi connectivity index (χ1n) is 13.6. The van der Waals surface area contributed by atoms with Crippen molar-refractivity contribution in [3.8, 4) is 6.01 Å². The van der Waals surface area contributed by atoms with Gasteiger partial charge in [-0.3, -0.25) is 0 Å². The summed E-state index contributed by atoms with van der Waals surface area (Å²) in [6.07, 6.45) is 4.70. The van der Waals surface area contributed by atoms with E-state index < -0.39 is 0 Å². The molecule has 0 amide bonds. The van der Waals surface area contributed by atoms with E-state index in [1.54, 1.807) is 0 Å². The second kappa shape index (κ2) is 10.3. The molecule has 3 aliphatic heterocycles. The number of ether oxygens (including phenoxy) is 2. The molecule has 1 saturated heterocycles. The van der Waals surface area contributed by atoms with Crippen LogP contribution < -0.4 is 14.5 Å². The Labute approximate surface area is 232 Å². The van der Waals surface area contributed by atoms with Crippen LogP contribution in [0.2, 0.25) is 5.02 Å². The number of rotatable bonds is 5. The predicted molar refractivity (Wildman–Crippen MR) is 152 cm³/mol. The Kier molecular flexibility index (Phi) is 6.50. The molecule has 0 radical (unpaired) electrons. The average Bonchev–Trinajstić information content (AvgIpc) is 3.43. The smallest absolute Gasteiger partial charge is 0.318 e. The van der Waals surface area contributed by atoms with Crippen LogP contribution in [0.1, 0.15) is 17.0 Å². The number of halogens is 1. The van der Waals surface area contributed by atoms with Crippen molar-refractivity contribution in [1.29, 1.82) is 0 Å². The van der Waals surface area contributed by atoms with E-state index in [9.17, 15) is 0 Å². The van der Waals surface area contributed by atoms with Crippen molar-refractivity contribution in [3.63, 3.8) is 0 Å². The van der Waals surface area contributed by atoms with E-state index in [4.69, 9.17) is 31.0 Å². The van der Waals surface area contributed by atoms with Gasteiger partial charge in [0, 0.05) is 55.6 Å². The first kappa shape index (κ1) is 24.6. The van der Waals surface area contributed by atoms with Crippen molar-refractivity contribution >= 4 is 33.9 Å². The number of fused-ring (bicyclic) bond motifs is 3. The second-order valence-corrected chi connectivity index (χ2v) is 11.0. The lowest BCUT2D eigenvalue weighted by atomic mass is 10.0. The molecule has 4 aromatic rings. The number of nitrogens with zero attached hydrogens (tertiary/aromatic N) is 7. The lowest BCUT2D eigenvalue weighted by Gasteiger charge is -2.35. The van der Waals surface area contributed by atoms with Crippen molar-refractivity contribution in [1.82, 2.24) is 24.4 Å². The monoisotopic (exact) mass is 545 g/mol. The van der Waals surface area contributed by atoms with Crippen LogP contribution in [0, 0.1) is 0 Å². The highest BCUT2D eigenvalue weighted by molar-refractivity contribution is 6.36. The van der Waals surface area contributed by atoms with E-state index in [-0.39, 0.29) is 6.10 Å². The minimum absolute atomic E-state index is 0.00509. The van der Waals surface area contributed by atoms with Crippen LogP contribution in [0.4, 0.5) is 11.5 Å². The fraction of sp³-hybridized carbons (Fsp3) is 0.414. The third-order valence-corrected chi connectivity index (χ3v) is 8.31. The molecule has 5 heterocycles. The van der Waals surface area contributed by atoms with Crippen LogP contribution in [0.3, 0.4) is 0 Å². The third kappa shape index (κ3) is 4.79. The Bertz CT molecular complexity index is 1500. The number of aromatic nitrogens is 4. The summed E-state index contributed by atoms with van der Waals surface area (Å²) in [7, 11) is 2.11. The van der Waals surface area contributed by atoms with Gasteiger partial charge in [-0.1, -0.05) is 35.9 Å². The van der Waals surface area contributed by atoms with E-state index in [0.717, 1.165) is 78.7 Å². The number of hydrogen-bond donors (Lipinski definition) is 0. The fourth-order valence-corrected chi connectivity index (χ4v) is 6.24. The molecule has 0 aliphatic carbocycles. The van der Waals surface area contributed by atoms with Gasteiger partial charge in [-0.25, -0.2) is 4.98 Å². The first-order valence-corrected chi connectivity index (χ1v) is 14.0. The van der Waals surface area contributed by atoms with E-state index in [1.807, 2.05) is 24.7 Å². The number of anilines is 2. The molecule has 2 aromatic carbocycles. The van der Waals surface area contributed by atoms with E-state index >= 15 is 0 Å². The zero-order valence-corrected chi connectivity index (χ0v) is 22.8. The van der Waals surface area contributed by atoms with Crippen LogP contribution in [0.5, 0.6) is 6.01 Å². The maximum Gasteiger partial charge on any atom is 0.318 e. The molecule has 0 unspecified atom stereocenters. The van der Waals surface area contributed by atoms with Crippen molar-refractivity contribution in [3.05, 3.63) is 70.9 Å². The highest BCUT2D eigenvalue weighted by Gasteiger charge is 2.29. The maximum absolute atomic E-state index is 6.69. The molecular formula is C29H32ClN7O2. The highest BCUT2D eigenvalue weighted by Crippen LogP contribution is 2.37. The minimum atomic E-state index is 0.00509. The molecular weight excluding hydrogens is 514 g/mol. The van der Waals surface area contributed by atoms with Crippen LogP contribution in [0.15, 0.2) is 48.9 Å². The molecule has 202 valence electrons. The molecule has 2 aromatic heterocycles. The molecule has 0 saturated carbocycles. The molecule has 10 heteroatoms. The summed E-state index contributed by atoms with van der Waals surface area (Å²) in [5.74, 6) is 0.972. The summed E-state index contributed by atoms with van der Waals surface area (Å²) in [4.78, 5) is 21.3. The Morgan fingerprint density at radius 2 is 1.92 bits per heavy atom. The van der Waals surface area contributed by atoms with Gasteiger partial charge in [-0.15, -0.1) is 0 Å². The van der Waals surface area contributed by atoms with Crippen molar-refractivity contribution in [2.75, 3.05) is 56.2 Å². The van der Waals surface area contributed by atoms with Crippen molar-refractivity contribution in [2.24, 2.45) is 0 Å². The van der Waals surface area contributed by atoms with Gasteiger partial charge in [0.2, 0.25) is 0 Å². The fourth-order valence-electron chi connectivity index (χ4n) is 5.96.